The van der Waals surface area contributed by atoms with Gasteiger partial charge in [-0.3, -0.25) is 4.79 Å². The number of ether oxygens (including phenoxy) is 3. The molecule has 114 valence electrons. The fourth-order valence-corrected chi connectivity index (χ4v) is 4.39. The van der Waals surface area contributed by atoms with Crippen molar-refractivity contribution in [2.45, 2.75) is 42.3 Å². The third kappa shape index (κ3) is 3.45. The molecule has 0 aromatic carbocycles. The fraction of sp³-hybridized carbons (Fsp3) is 0.667. The van der Waals surface area contributed by atoms with E-state index in [0.717, 1.165) is 6.42 Å². The number of alkyl halides is 2. The molecule has 0 aromatic heterocycles. The van der Waals surface area contributed by atoms with Crippen molar-refractivity contribution in [1.82, 2.24) is 0 Å². The molecule has 0 N–H and O–H groups in total. The van der Waals surface area contributed by atoms with Crippen LogP contribution in [0.15, 0.2) is 10.1 Å². The van der Waals surface area contributed by atoms with Gasteiger partial charge in [-0.15, -0.1) is 0 Å². The molecule has 0 fully saturated rings. The Morgan fingerprint density at radius 3 is 2.40 bits per heavy atom. The molecular formula is C12H15Br3O5. The van der Waals surface area contributed by atoms with Gasteiger partial charge in [-0.05, 0) is 22.4 Å². The standard InChI is InChI=1S/C12H15Br3O5/c1-4-5-7(19-6(2)16)8-9(13)12(18-3,11(14)15)20-10(8)17/h7,11H,4-5H2,1-3H3/t7-,12+/m1/s1. The van der Waals surface area contributed by atoms with Crippen LogP contribution in [0, 0.1) is 0 Å². The van der Waals surface area contributed by atoms with E-state index >= 15 is 0 Å². The number of hydrogen-bond donors (Lipinski definition) is 0. The Labute approximate surface area is 142 Å². The molecule has 0 bridgehead atoms. The van der Waals surface area contributed by atoms with Gasteiger partial charge in [-0.1, -0.05) is 45.2 Å². The van der Waals surface area contributed by atoms with Crippen molar-refractivity contribution in [2.75, 3.05) is 7.11 Å². The Kier molecular flexibility index (Phi) is 6.69. The zero-order valence-electron chi connectivity index (χ0n) is 11.2. The first kappa shape index (κ1) is 18.1. The van der Waals surface area contributed by atoms with E-state index in [1.165, 1.54) is 14.0 Å². The van der Waals surface area contributed by atoms with Crippen LogP contribution in [-0.4, -0.2) is 34.7 Å². The van der Waals surface area contributed by atoms with E-state index in [-0.39, 0.29) is 5.57 Å². The molecule has 0 saturated carbocycles. The van der Waals surface area contributed by atoms with Gasteiger partial charge in [0.2, 0.25) is 0 Å². The van der Waals surface area contributed by atoms with E-state index < -0.39 is 27.6 Å². The van der Waals surface area contributed by atoms with E-state index in [4.69, 9.17) is 14.2 Å². The first-order valence-corrected chi connectivity index (χ1v) is 8.56. The quantitative estimate of drug-likeness (QED) is 0.432. The van der Waals surface area contributed by atoms with Crippen molar-refractivity contribution in [3.05, 3.63) is 10.1 Å². The molecule has 20 heavy (non-hydrogen) atoms. The summed E-state index contributed by atoms with van der Waals surface area (Å²) in [7, 11) is 1.42. The Balaban J connectivity index is 3.23. The molecule has 1 rings (SSSR count). The topological polar surface area (TPSA) is 61.8 Å². The smallest absolute Gasteiger partial charge is 0.341 e. The van der Waals surface area contributed by atoms with Gasteiger partial charge in [0.05, 0.1) is 10.1 Å². The maximum atomic E-state index is 12.1. The molecule has 0 saturated heterocycles. The fourth-order valence-electron chi connectivity index (χ4n) is 1.87. The number of cyclic esters (lactones) is 1. The van der Waals surface area contributed by atoms with Crippen molar-refractivity contribution in [3.63, 3.8) is 0 Å². The lowest BCUT2D eigenvalue weighted by molar-refractivity contribution is -0.183. The predicted octanol–water partition coefficient (Wildman–Crippen LogP) is 3.38. The lowest BCUT2D eigenvalue weighted by atomic mass is 10.0. The SMILES string of the molecule is CCC[C@@H](OC(C)=O)C1=C(Br)[C@@](OC)(C(Br)Br)OC1=O. The summed E-state index contributed by atoms with van der Waals surface area (Å²) in [5.74, 6) is -2.33. The van der Waals surface area contributed by atoms with Crippen LogP contribution >= 0.6 is 47.8 Å². The van der Waals surface area contributed by atoms with Crippen LogP contribution in [0.3, 0.4) is 0 Å². The monoisotopic (exact) mass is 476 g/mol. The van der Waals surface area contributed by atoms with E-state index in [9.17, 15) is 9.59 Å². The first-order chi connectivity index (χ1) is 9.30. The van der Waals surface area contributed by atoms with E-state index in [1.807, 2.05) is 6.92 Å². The molecule has 2 atom stereocenters. The number of hydrogen-bond acceptors (Lipinski definition) is 5. The van der Waals surface area contributed by atoms with Crippen molar-refractivity contribution < 1.29 is 23.8 Å². The highest BCUT2D eigenvalue weighted by Gasteiger charge is 2.53. The largest absolute Gasteiger partial charge is 0.457 e. The summed E-state index contributed by atoms with van der Waals surface area (Å²) in [6.45, 7) is 3.24. The Hall–Kier alpha value is 0.0800. The van der Waals surface area contributed by atoms with E-state index in [0.29, 0.717) is 10.9 Å². The third-order valence-electron chi connectivity index (χ3n) is 2.78. The first-order valence-electron chi connectivity index (χ1n) is 5.94. The highest BCUT2D eigenvalue weighted by molar-refractivity contribution is 9.24. The molecule has 5 nitrogen and oxygen atoms in total. The highest BCUT2D eigenvalue weighted by atomic mass is 79.9. The molecule has 8 heteroatoms. The number of carbonyl (C=O) groups excluding carboxylic acids is 2. The molecule has 0 amide bonds. The van der Waals surface area contributed by atoms with Crippen LogP contribution in [0.4, 0.5) is 0 Å². The third-order valence-corrected chi connectivity index (χ3v) is 4.96. The predicted molar refractivity (Wildman–Crippen MR) is 83.9 cm³/mol. The second kappa shape index (κ2) is 7.38. The Morgan fingerprint density at radius 1 is 1.45 bits per heavy atom. The maximum Gasteiger partial charge on any atom is 0.341 e. The van der Waals surface area contributed by atoms with Gasteiger partial charge in [0, 0.05) is 14.0 Å². The van der Waals surface area contributed by atoms with E-state index in [1.54, 1.807) is 0 Å². The molecule has 0 aliphatic carbocycles. The average molecular weight is 479 g/mol. The van der Waals surface area contributed by atoms with Crippen LogP contribution < -0.4 is 0 Å². The molecule has 1 aliphatic rings. The number of methoxy groups -OCH3 is 1. The van der Waals surface area contributed by atoms with Crippen molar-refractivity contribution in [2.24, 2.45) is 0 Å². The minimum atomic E-state index is -1.31. The van der Waals surface area contributed by atoms with Crippen LogP contribution in [-0.2, 0) is 23.8 Å². The summed E-state index contributed by atoms with van der Waals surface area (Å²) in [4.78, 5) is 23.3. The lowest BCUT2D eigenvalue weighted by Gasteiger charge is -2.28. The van der Waals surface area contributed by atoms with Crippen LogP contribution in [0.2, 0.25) is 0 Å². The number of carbonyl (C=O) groups is 2. The molecular weight excluding hydrogens is 464 g/mol. The number of halogens is 3. The minimum Gasteiger partial charge on any atom is -0.457 e. The summed E-state index contributed by atoms with van der Waals surface area (Å²) in [5.41, 5.74) is 0.271. The van der Waals surface area contributed by atoms with Gasteiger partial charge in [-0.25, -0.2) is 4.79 Å². The van der Waals surface area contributed by atoms with Gasteiger partial charge in [0.15, 0.2) is 0 Å². The molecule has 0 unspecified atom stereocenters. The number of rotatable bonds is 6. The van der Waals surface area contributed by atoms with E-state index in [2.05, 4.69) is 47.8 Å². The Morgan fingerprint density at radius 2 is 2.05 bits per heavy atom. The van der Waals surface area contributed by atoms with Gasteiger partial charge in [0.1, 0.15) is 9.84 Å². The minimum absolute atomic E-state index is 0.271. The lowest BCUT2D eigenvalue weighted by Crippen LogP contribution is -2.39. The Bertz CT molecular complexity index is 435. The van der Waals surface area contributed by atoms with Crippen molar-refractivity contribution in [1.29, 1.82) is 0 Å². The van der Waals surface area contributed by atoms with Gasteiger partial charge in [0.25, 0.3) is 5.79 Å². The zero-order valence-corrected chi connectivity index (χ0v) is 16.0. The van der Waals surface area contributed by atoms with Gasteiger partial charge in [-0.2, -0.15) is 0 Å². The summed E-state index contributed by atoms with van der Waals surface area (Å²) >= 11 is 9.94. The number of esters is 2. The van der Waals surface area contributed by atoms with Gasteiger partial charge < -0.3 is 14.2 Å². The molecule has 0 radical (unpaired) electrons. The average Bonchev–Trinajstić information content (AvgIpc) is 2.60. The van der Waals surface area contributed by atoms with Gasteiger partial charge >= 0.3 is 11.9 Å². The van der Waals surface area contributed by atoms with Crippen molar-refractivity contribution in [3.8, 4) is 0 Å². The summed E-state index contributed by atoms with van der Waals surface area (Å²) < 4.78 is 15.8. The summed E-state index contributed by atoms with van der Waals surface area (Å²) in [5, 5.41) is 0. The summed E-state index contributed by atoms with van der Waals surface area (Å²) in [6.07, 6.45) is 0.616. The highest BCUT2D eigenvalue weighted by Crippen LogP contribution is 2.46. The van der Waals surface area contributed by atoms with Crippen LogP contribution in [0.25, 0.3) is 0 Å². The normalized spacial score (nSPS) is 24.1. The van der Waals surface area contributed by atoms with Crippen LogP contribution in [0.5, 0.6) is 0 Å². The molecule has 1 aliphatic heterocycles. The summed E-state index contributed by atoms with van der Waals surface area (Å²) in [6, 6.07) is 0. The maximum absolute atomic E-state index is 12.1. The second-order valence-corrected chi connectivity index (χ2v) is 8.03. The zero-order chi connectivity index (χ0) is 15.5. The molecule has 0 aromatic rings. The second-order valence-electron chi connectivity index (χ2n) is 4.18. The van der Waals surface area contributed by atoms with Crippen LogP contribution in [0.1, 0.15) is 26.7 Å². The van der Waals surface area contributed by atoms with Crippen molar-refractivity contribution >= 4 is 59.7 Å². The molecule has 0 spiro atoms. The molecule has 1 heterocycles.